The minimum absolute atomic E-state index is 0.0481. The minimum atomic E-state index is -0.779. The van der Waals surface area contributed by atoms with Gasteiger partial charge in [-0.15, -0.1) is 11.8 Å². The second kappa shape index (κ2) is 10.6. The maximum Gasteiger partial charge on any atom is 0.310 e. The summed E-state index contributed by atoms with van der Waals surface area (Å²) in [6, 6.07) is 6.47. The number of carbonyl (C=O) groups is 3. The molecule has 36 heavy (non-hydrogen) atoms. The van der Waals surface area contributed by atoms with Crippen LogP contribution in [0.3, 0.4) is 0 Å². The van der Waals surface area contributed by atoms with E-state index in [1.165, 1.54) is 0 Å². The van der Waals surface area contributed by atoms with Gasteiger partial charge in [0.1, 0.15) is 6.04 Å². The minimum Gasteiger partial charge on any atom is -0.466 e. The Hall–Kier alpha value is -2.26. The van der Waals surface area contributed by atoms with Crippen molar-refractivity contribution in [3.05, 3.63) is 24.3 Å². The van der Waals surface area contributed by atoms with Gasteiger partial charge in [0.25, 0.3) is 0 Å². The van der Waals surface area contributed by atoms with Crippen LogP contribution in [0.25, 0.3) is 0 Å². The van der Waals surface area contributed by atoms with E-state index in [0.717, 1.165) is 25.2 Å². The number of hydrogen-bond donors (Lipinski definition) is 2. The van der Waals surface area contributed by atoms with Gasteiger partial charge in [-0.1, -0.05) is 13.8 Å². The molecule has 1 aromatic rings. The fourth-order valence-corrected chi connectivity index (χ4v) is 9.02. The van der Waals surface area contributed by atoms with Gasteiger partial charge in [-0.3, -0.25) is 14.4 Å². The van der Waals surface area contributed by atoms with Crippen molar-refractivity contribution in [3.8, 4) is 0 Å². The third-order valence-electron chi connectivity index (χ3n) is 8.33. The number of thioether (sulfide) groups is 1. The van der Waals surface area contributed by atoms with Crippen LogP contribution >= 0.6 is 11.8 Å². The number of aliphatic hydroxyl groups excluding tert-OH is 1. The molecule has 3 fully saturated rings. The van der Waals surface area contributed by atoms with Gasteiger partial charge in [0.05, 0.1) is 35.8 Å². The highest BCUT2D eigenvalue weighted by Crippen LogP contribution is 2.69. The topological polar surface area (TPSA) is 99.2 Å². The van der Waals surface area contributed by atoms with Crippen LogP contribution in [0.15, 0.2) is 24.3 Å². The molecule has 9 heteroatoms. The summed E-state index contributed by atoms with van der Waals surface area (Å²) in [5, 5.41) is 13.2. The molecule has 3 saturated heterocycles. The van der Waals surface area contributed by atoms with E-state index in [-0.39, 0.29) is 42.2 Å². The molecular formula is C27H39N3O5S. The molecule has 3 heterocycles. The molecule has 8 nitrogen and oxygen atoms in total. The molecule has 2 amide bonds. The van der Waals surface area contributed by atoms with Crippen LogP contribution < -0.4 is 10.2 Å². The zero-order chi connectivity index (χ0) is 26.2. The summed E-state index contributed by atoms with van der Waals surface area (Å²) in [5.41, 5.74) is 1.74. The van der Waals surface area contributed by atoms with E-state index >= 15 is 0 Å². The lowest BCUT2D eigenvalue weighted by Gasteiger charge is -2.39. The van der Waals surface area contributed by atoms with E-state index in [4.69, 9.17) is 4.74 Å². The number of likely N-dealkylation sites (tertiary alicyclic amines) is 1. The van der Waals surface area contributed by atoms with E-state index in [1.54, 1.807) is 23.6 Å². The largest absolute Gasteiger partial charge is 0.466 e. The quantitative estimate of drug-likeness (QED) is 0.460. The van der Waals surface area contributed by atoms with Crippen molar-refractivity contribution in [2.24, 2.45) is 17.8 Å². The summed E-state index contributed by atoms with van der Waals surface area (Å²) in [5.74, 6) is -1.97. The van der Waals surface area contributed by atoms with Crippen molar-refractivity contribution in [1.29, 1.82) is 0 Å². The number of hydrogen-bond acceptors (Lipinski definition) is 7. The molecule has 4 rings (SSSR count). The van der Waals surface area contributed by atoms with Gasteiger partial charge in [0, 0.05) is 29.7 Å². The molecule has 3 aliphatic rings. The Morgan fingerprint density at radius 3 is 2.44 bits per heavy atom. The first-order valence-corrected chi connectivity index (χ1v) is 14.1. The number of nitrogens with zero attached hydrogens (tertiary/aromatic N) is 2. The van der Waals surface area contributed by atoms with Crippen LogP contribution in [0.1, 0.15) is 47.5 Å². The van der Waals surface area contributed by atoms with Gasteiger partial charge in [-0.05, 0) is 63.8 Å². The molecule has 0 aromatic heterocycles. The number of esters is 1. The third kappa shape index (κ3) is 4.08. The molecule has 1 spiro atoms. The van der Waals surface area contributed by atoms with Gasteiger partial charge < -0.3 is 25.0 Å². The number of aliphatic hydroxyl groups is 1. The maximum atomic E-state index is 14.0. The Kier molecular flexibility index (Phi) is 7.90. The van der Waals surface area contributed by atoms with Crippen molar-refractivity contribution >= 4 is 40.9 Å². The zero-order valence-electron chi connectivity index (χ0n) is 21.9. The molecule has 198 valence electrons. The van der Waals surface area contributed by atoms with Crippen molar-refractivity contribution < 1.29 is 24.2 Å². The highest BCUT2D eigenvalue weighted by Gasteiger charge is 2.76. The number of rotatable bonds is 10. The Balaban J connectivity index is 1.69. The van der Waals surface area contributed by atoms with Gasteiger partial charge in [-0.2, -0.15) is 0 Å². The van der Waals surface area contributed by atoms with Crippen LogP contribution in [0.4, 0.5) is 11.4 Å². The second-order valence-corrected chi connectivity index (χ2v) is 11.6. The lowest BCUT2D eigenvalue weighted by atomic mass is 9.66. The molecule has 3 unspecified atom stereocenters. The summed E-state index contributed by atoms with van der Waals surface area (Å²) in [7, 11) is 0. The van der Waals surface area contributed by atoms with Crippen LogP contribution in [0.2, 0.25) is 0 Å². The first kappa shape index (κ1) is 26.8. The predicted octanol–water partition coefficient (Wildman–Crippen LogP) is 3.14. The molecule has 2 N–H and O–H groups in total. The summed E-state index contributed by atoms with van der Waals surface area (Å²) < 4.78 is 4.65. The molecule has 3 aliphatic heterocycles. The second-order valence-electron chi connectivity index (χ2n) is 10.0. The molecule has 1 aromatic carbocycles. The van der Waals surface area contributed by atoms with Crippen LogP contribution in [0, 0.1) is 17.8 Å². The van der Waals surface area contributed by atoms with Crippen molar-refractivity contribution in [1.82, 2.24) is 4.90 Å². The molecular weight excluding hydrogens is 478 g/mol. The van der Waals surface area contributed by atoms with Gasteiger partial charge in [0.15, 0.2) is 0 Å². The smallest absolute Gasteiger partial charge is 0.310 e. The average molecular weight is 518 g/mol. The first-order chi connectivity index (χ1) is 17.3. The molecule has 7 atom stereocenters. The number of amides is 2. The predicted molar refractivity (Wildman–Crippen MR) is 142 cm³/mol. The zero-order valence-corrected chi connectivity index (χ0v) is 22.7. The van der Waals surface area contributed by atoms with E-state index < -0.39 is 28.7 Å². The SMILES string of the molecule is CCOC(=O)[C@@H]1[C@H]2C(=O)N([C@@H](CC)CO)C(C(=O)Nc3ccc(N(CC)CC)cc3)C23S[C@@H]1CC3C. The number of anilines is 2. The van der Waals surface area contributed by atoms with Crippen molar-refractivity contribution in [2.75, 3.05) is 36.5 Å². The van der Waals surface area contributed by atoms with E-state index in [9.17, 15) is 19.5 Å². The Labute approximate surface area is 218 Å². The van der Waals surface area contributed by atoms with Gasteiger partial charge in [-0.25, -0.2) is 0 Å². The number of ether oxygens (including phenoxy) is 1. The summed E-state index contributed by atoms with van der Waals surface area (Å²) in [6.07, 6.45) is 1.27. The fourth-order valence-electron chi connectivity index (χ4n) is 6.63. The van der Waals surface area contributed by atoms with Crippen LogP contribution in [-0.4, -0.2) is 76.2 Å². The highest BCUT2D eigenvalue weighted by atomic mass is 32.2. The highest BCUT2D eigenvalue weighted by molar-refractivity contribution is 8.02. The summed E-state index contributed by atoms with van der Waals surface area (Å²) in [4.78, 5) is 44.7. The Morgan fingerprint density at radius 2 is 1.89 bits per heavy atom. The summed E-state index contributed by atoms with van der Waals surface area (Å²) in [6.45, 7) is 11.7. The number of carbonyl (C=O) groups excluding carboxylic acids is 3. The average Bonchev–Trinajstić information content (AvgIpc) is 3.46. The van der Waals surface area contributed by atoms with Crippen LogP contribution in [-0.2, 0) is 19.1 Å². The van der Waals surface area contributed by atoms with Crippen molar-refractivity contribution in [3.63, 3.8) is 0 Å². The molecule has 0 radical (unpaired) electrons. The monoisotopic (exact) mass is 517 g/mol. The first-order valence-electron chi connectivity index (χ1n) is 13.2. The maximum absolute atomic E-state index is 14.0. The molecule has 0 saturated carbocycles. The lowest BCUT2D eigenvalue weighted by Crippen LogP contribution is -2.56. The third-order valence-corrected chi connectivity index (χ3v) is 10.4. The van der Waals surface area contributed by atoms with Crippen LogP contribution in [0.5, 0.6) is 0 Å². The number of benzene rings is 1. The van der Waals surface area contributed by atoms with E-state index in [0.29, 0.717) is 12.1 Å². The molecule has 0 aliphatic carbocycles. The normalized spacial score (nSPS) is 31.3. The number of fused-ring (bicyclic) bond motifs is 1. The van der Waals surface area contributed by atoms with Gasteiger partial charge in [0.2, 0.25) is 11.8 Å². The van der Waals surface area contributed by atoms with E-state index in [1.807, 2.05) is 31.2 Å². The standard InChI is InChI=1S/C27H39N3O5S/c1-6-18(15-31)30-23(24(32)28-17-10-12-19(13-11-17)29(7-2)8-3)27-16(5)14-20(36-27)21(22(27)25(30)33)26(34)35-9-4/h10-13,16,18,20-23,31H,6-9,14-15H2,1-5H3,(H,28,32)/t16?,18-,20+,21-,22-,23?,27?/m0/s1. The molecule has 2 bridgehead atoms. The Bertz CT molecular complexity index is 980. The fraction of sp³-hybridized carbons (Fsp3) is 0.667. The van der Waals surface area contributed by atoms with Gasteiger partial charge >= 0.3 is 5.97 Å². The summed E-state index contributed by atoms with van der Waals surface area (Å²) >= 11 is 1.61. The lowest BCUT2D eigenvalue weighted by molar-refractivity contribution is -0.154. The van der Waals surface area contributed by atoms with Crippen molar-refractivity contribution in [2.45, 2.75) is 69.5 Å². The number of nitrogens with one attached hydrogen (secondary N) is 1. The van der Waals surface area contributed by atoms with E-state index in [2.05, 4.69) is 31.0 Å². The Morgan fingerprint density at radius 1 is 1.22 bits per heavy atom.